The number of likely N-dealkylation sites (N-methyl/N-ethyl adjacent to an activating group) is 1. The van der Waals surface area contributed by atoms with E-state index in [1.165, 1.54) is 12.0 Å². The summed E-state index contributed by atoms with van der Waals surface area (Å²) < 4.78 is 5.23. The van der Waals surface area contributed by atoms with Gasteiger partial charge in [0.2, 0.25) is 0 Å². The maximum Gasteiger partial charge on any atom is 0.295 e. The first-order valence-electron chi connectivity index (χ1n) is 10.4. The highest BCUT2D eigenvalue weighted by Gasteiger charge is 2.46. The van der Waals surface area contributed by atoms with Crippen molar-refractivity contribution in [2.75, 3.05) is 33.3 Å². The van der Waals surface area contributed by atoms with Crippen molar-refractivity contribution < 1.29 is 19.4 Å². The number of benzene rings is 2. The average Bonchev–Trinajstić information content (AvgIpc) is 3.05. The van der Waals surface area contributed by atoms with Crippen LogP contribution < -0.4 is 4.74 Å². The van der Waals surface area contributed by atoms with Gasteiger partial charge in [0.1, 0.15) is 11.5 Å². The van der Waals surface area contributed by atoms with Crippen LogP contribution in [0.15, 0.2) is 48.0 Å². The summed E-state index contributed by atoms with van der Waals surface area (Å²) in [5.74, 6) is -1.27. The zero-order valence-corrected chi connectivity index (χ0v) is 19.8. The third-order valence-corrected chi connectivity index (χ3v) is 6.29. The van der Waals surface area contributed by atoms with E-state index in [0.717, 1.165) is 13.1 Å². The van der Waals surface area contributed by atoms with Gasteiger partial charge in [-0.1, -0.05) is 49.2 Å². The summed E-state index contributed by atoms with van der Waals surface area (Å²) in [4.78, 5) is 29.8. The number of carbonyl (C=O) groups excluding carboxylic acids is 2. The van der Waals surface area contributed by atoms with E-state index in [1.54, 1.807) is 42.5 Å². The topological polar surface area (TPSA) is 70.1 Å². The van der Waals surface area contributed by atoms with Crippen LogP contribution in [0.25, 0.3) is 5.76 Å². The van der Waals surface area contributed by atoms with Gasteiger partial charge in [-0.15, -0.1) is 0 Å². The summed E-state index contributed by atoms with van der Waals surface area (Å²) in [5.41, 5.74) is 0.896. The number of amides is 1. The van der Waals surface area contributed by atoms with Crippen LogP contribution in [0, 0.1) is 0 Å². The SMILES string of the molecule is CCN(CC)CCN1C(=O)C(=O)/C(=C(/O)c2cc(OC)ccc2Cl)C1c1ccc(Cl)cc1. The number of ketones is 1. The smallest absolute Gasteiger partial charge is 0.295 e. The average molecular weight is 477 g/mol. The van der Waals surface area contributed by atoms with Gasteiger partial charge in [-0.05, 0) is 49.0 Å². The molecule has 0 aliphatic carbocycles. The van der Waals surface area contributed by atoms with Crippen molar-refractivity contribution >= 4 is 40.7 Å². The Balaban J connectivity index is 2.14. The second-order valence-electron chi connectivity index (χ2n) is 7.42. The first kappa shape index (κ1) is 24.1. The molecule has 1 saturated heterocycles. The highest BCUT2D eigenvalue weighted by Crippen LogP contribution is 2.41. The second-order valence-corrected chi connectivity index (χ2v) is 8.26. The first-order chi connectivity index (χ1) is 15.3. The molecule has 1 aliphatic rings. The van der Waals surface area contributed by atoms with E-state index in [-0.39, 0.29) is 21.9 Å². The highest BCUT2D eigenvalue weighted by atomic mass is 35.5. The Kier molecular flexibility index (Phi) is 7.82. The molecular weight excluding hydrogens is 451 g/mol. The summed E-state index contributed by atoms with van der Waals surface area (Å²) in [6.07, 6.45) is 0. The van der Waals surface area contributed by atoms with Crippen molar-refractivity contribution in [3.63, 3.8) is 0 Å². The maximum atomic E-state index is 13.1. The fourth-order valence-electron chi connectivity index (χ4n) is 3.85. The van der Waals surface area contributed by atoms with Crippen LogP contribution in [-0.4, -0.2) is 59.9 Å². The molecule has 3 rings (SSSR count). The minimum absolute atomic E-state index is 0.00739. The third-order valence-electron chi connectivity index (χ3n) is 5.71. The molecule has 2 aromatic rings. The Morgan fingerprint density at radius 3 is 2.34 bits per heavy atom. The molecule has 2 aromatic carbocycles. The molecular formula is C24H26Cl2N2O4. The van der Waals surface area contributed by atoms with Crippen molar-refractivity contribution in [1.82, 2.24) is 9.80 Å². The van der Waals surface area contributed by atoms with Crippen molar-refractivity contribution in [3.05, 3.63) is 69.2 Å². The lowest BCUT2D eigenvalue weighted by Crippen LogP contribution is -2.38. The summed E-state index contributed by atoms with van der Waals surface area (Å²) in [7, 11) is 1.49. The predicted molar refractivity (Wildman–Crippen MR) is 126 cm³/mol. The fourth-order valence-corrected chi connectivity index (χ4v) is 4.18. The summed E-state index contributed by atoms with van der Waals surface area (Å²) in [5, 5.41) is 12.0. The van der Waals surface area contributed by atoms with Crippen LogP contribution in [0.3, 0.4) is 0 Å². The Morgan fingerprint density at radius 1 is 1.09 bits per heavy atom. The molecule has 1 N–H and O–H groups in total. The molecule has 1 aliphatic heterocycles. The molecule has 0 saturated carbocycles. The van der Waals surface area contributed by atoms with Gasteiger partial charge in [0.05, 0.1) is 23.7 Å². The highest BCUT2D eigenvalue weighted by molar-refractivity contribution is 6.47. The van der Waals surface area contributed by atoms with Gasteiger partial charge in [0, 0.05) is 23.7 Å². The minimum atomic E-state index is -0.759. The zero-order chi connectivity index (χ0) is 23.4. The standard InChI is InChI=1S/C24H26Cl2N2O4/c1-4-27(5-2)12-13-28-21(15-6-8-16(25)9-7-15)20(23(30)24(28)31)22(29)18-14-17(32-3)10-11-19(18)26/h6-11,14,21,29H,4-5,12-13H2,1-3H3/b22-20+. The van der Waals surface area contributed by atoms with Crippen molar-refractivity contribution in [2.24, 2.45) is 0 Å². The molecule has 1 amide bonds. The van der Waals surface area contributed by atoms with Crippen LogP contribution >= 0.6 is 23.2 Å². The number of nitrogens with zero attached hydrogens (tertiary/aromatic N) is 2. The lowest BCUT2D eigenvalue weighted by atomic mass is 9.95. The van der Waals surface area contributed by atoms with Crippen LogP contribution in [0.5, 0.6) is 5.75 Å². The van der Waals surface area contributed by atoms with Crippen molar-refractivity contribution in [2.45, 2.75) is 19.9 Å². The number of ether oxygens (including phenoxy) is 1. The van der Waals surface area contributed by atoms with Gasteiger partial charge in [-0.2, -0.15) is 0 Å². The third kappa shape index (κ3) is 4.77. The number of rotatable bonds is 8. The van der Waals surface area contributed by atoms with Gasteiger partial charge in [0.15, 0.2) is 0 Å². The monoisotopic (exact) mass is 476 g/mol. The zero-order valence-electron chi connectivity index (χ0n) is 18.3. The van der Waals surface area contributed by atoms with Gasteiger partial charge in [0.25, 0.3) is 11.7 Å². The number of hydrogen-bond donors (Lipinski definition) is 1. The van der Waals surface area contributed by atoms with Crippen LogP contribution in [-0.2, 0) is 9.59 Å². The normalized spacial score (nSPS) is 17.9. The van der Waals surface area contributed by atoms with Gasteiger partial charge < -0.3 is 19.6 Å². The molecule has 0 aromatic heterocycles. The molecule has 170 valence electrons. The van der Waals surface area contributed by atoms with E-state index in [2.05, 4.69) is 4.90 Å². The molecule has 0 radical (unpaired) electrons. The number of halogens is 2. The van der Waals surface area contributed by atoms with E-state index in [9.17, 15) is 14.7 Å². The van der Waals surface area contributed by atoms with Crippen LogP contribution in [0.2, 0.25) is 10.0 Å². The lowest BCUT2D eigenvalue weighted by Gasteiger charge is -2.28. The Bertz CT molecular complexity index is 1030. The van der Waals surface area contributed by atoms with Gasteiger partial charge >= 0.3 is 0 Å². The Labute approximate surface area is 198 Å². The van der Waals surface area contributed by atoms with Crippen molar-refractivity contribution in [1.29, 1.82) is 0 Å². The van der Waals surface area contributed by atoms with Gasteiger partial charge in [-0.25, -0.2) is 0 Å². The molecule has 6 nitrogen and oxygen atoms in total. The van der Waals surface area contributed by atoms with Crippen molar-refractivity contribution in [3.8, 4) is 5.75 Å². The minimum Gasteiger partial charge on any atom is -0.507 e. The largest absolute Gasteiger partial charge is 0.507 e. The van der Waals surface area contributed by atoms with E-state index < -0.39 is 17.7 Å². The number of hydrogen-bond acceptors (Lipinski definition) is 5. The number of Topliss-reactive ketones (excluding diaryl/α,β-unsaturated/α-hetero) is 1. The molecule has 1 heterocycles. The lowest BCUT2D eigenvalue weighted by molar-refractivity contribution is -0.140. The van der Waals surface area contributed by atoms with E-state index in [0.29, 0.717) is 29.4 Å². The van der Waals surface area contributed by atoms with Gasteiger partial charge in [-0.3, -0.25) is 9.59 Å². The van der Waals surface area contributed by atoms with Crippen LogP contribution in [0.4, 0.5) is 0 Å². The molecule has 8 heteroatoms. The van der Waals surface area contributed by atoms with Crippen LogP contribution in [0.1, 0.15) is 31.0 Å². The molecule has 1 atom stereocenters. The summed E-state index contributed by atoms with van der Waals surface area (Å²) >= 11 is 12.4. The van der Waals surface area contributed by atoms with E-state index in [1.807, 2.05) is 13.8 Å². The van der Waals surface area contributed by atoms with E-state index >= 15 is 0 Å². The number of aliphatic hydroxyl groups excluding tert-OH is 1. The Morgan fingerprint density at radius 2 is 1.75 bits per heavy atom. The Hall–Kier alpha value is -2.54. The number of carbonyl (C=O) groups is 2. The molecule has 0 spiro atoms. The number of likely N-dealkylation sites (tertiary alicyclic amines) is 1. The summed E-state index contributed by atoms with van der Waals surface area (Å²) in [6, 6.07) is 10.9. The number of methoxy groups -OCH3 is 1. The fraction of sp³-hybridized carbons (Fsp3) is 0.333. The quantitative estimate of drug-likeness (QED) is 0.337. The first-order valence-corrected chi connectivity index (χ1v) is 11.2. The second kappa shape index (κ2) is 10.4. The molecule has 1 fully saturated rings. The maximum absolute atomic E-state index is 13.1. The predicted octanol–water partition coefficient (Wildman–Crippen LogP) is 4.77. The molecule has 0 bridgehead atoms. The number of aliphatic hydroxyl groups is 1. The molecule has 32 heavy (non-hydrogen) atoms. The molecule has 1 unspecified atom stereocenters. The summed E-state index contributed by atoms with van der Waals surface area (Å²) in [6.45, 7) is 6.67. The van der Waals surface area contributed by atoms with E-state index in [4.69, 9.17) is 27.9 Å².